The van der Waals surface area contributed by atoms with Crippen molar-refractivity contribution in [2.24, 2.45) is 0 Å². The van der Waals surface area contributed by atoms with Crippen molar-refractivity contribution in [1.82, 2.24) is 19.6 Å². The summed E-state index contributed by atoms with van der Waals surface area (Å²) in [5.74, 6) is -0.294. The van der Waals surface area contributed by atoms with Crippen molar-refractivity contribution in [2.45, 2.75) is 11.4 Å². The molecule has 172 valence electrons. The predicted octanol–water partition coefficient (Wildman–Crippen LogP) is 1.96. The number of carbonyl (C=O) groups excluding carboxylic acids is 1. The molecule has 0 atom stereocenters. The number of aromatic nitrogens is 2. The lowest BCUT2D eigenvalue weighted by Crippen LogP contribution is -2.44. The van der Waals surface area contributed by atoms with Crippen LogP contribution in [0, 0.1) is 0 Å². The van der Waals surface area contributed by atoms with Crippen LogP contribution in [0.15, 0.2) is 72.1 Å². The van der Waals surface area contributed by atoms with Crippen molar-refractivity contribution < 1.29 is 13.2 Å². The van der Waals surface area contributed by atoms with Gasteiger partial charge >= 0.3 is 0 Å². The van der Waals surface area contributed by atoms with Crippen LogP contribution in [0.4, 0.5) is 11.4 Å². The van der Waals surface area contributed by atoms with Gasteiger partial charge in [0, 0.05) is 44.0 Å². The minimum absolute atomic E-state index is 0.122. The van der Waals surface area contributed by atoms with Gasteiger partial charge in [-0.2, -0.15) is 0 Å². The minimum Gasteiger partial charge on any atom is -0.369 e. The number of rotatable bonds is 7. The number of anilines is 2. The molecule has 1 aliphatic rings. The van der Waals surface area contributed by atoms with Gasteiger partial charge in [-0.3, -0.25) is 4.79 Å². The molecule has 1 aromatic heterocycles. The smallest absolute Gasteiger partial charge is 0.255 e. The maximum atomic E-state index is 12.7. The number of benzene rings is 2. The third kappa shape index (κ3) is 5.92. The van der Waals surface area contributed by atoms with Crippen molar-refractivity contribution in [1.29, 1.82) is 0 Å². The molecule has 3 aromatic rings. The van der Waals surface area contributed by atoms with E-state index in [1.807, 2.05) is 12.1 Å². The van der Waals surface area contributed by atoms with Crippen molar-refractivity contribution >= 4 is 27.3 Å². The first kappa shape index (κ1) is 22.8. The van der Waals surface area contributed by atoms with Gasteiger partial charge in [-0.1, -0.05) is 12.1 Å². The van der Waals surface area contributed by atoms with E-state index in [-0.39, 0.29) is 17.3 Å². The molecule has 0 unspecified atom stereocenters. The van der Waals surface area contributed by atoms with Gasteiger partial charge in [0.2, 0.25) is 10.0 Å². The van der Waals surface area contributed by atoms with Crippen LogP contribution in [0.5, 0.6) is 0 Å². The first-order chi connectivity index (χ1) is 15.9. The van der Waals surface area contributed by atoms with E-state index in [2.05, 4.69) is 36.9 Å². The van der Waals surface area contributed by atoms with E-state index in [1.54, 1.807) is 36.4 Å². The third-order valence-electron chi connectivity index (χ3n) is 5.52. The fourth-order valence-corrected chi connectivity index (χ4v) is 4.52. The number of nitrogens with zero attached hydrogens (tertiary/aromatic N) is 4. The van der Waals surface area contributed by atoms with Crippen molar-refractivity contribution in [3.05, 3.63) is 78.4 Å². The van der Waals surface area contributed by atoms with E-state index >= 15 is 0 Å². The van der Waals surface area contributed by atoms with Crippen LogP contribution in [0.1, 0.15) is 15.9 Å². The third-order valence-corrected chi connectivity index (χ3v) is 6.93. The second-order valence-electron chi connectivity index (χ2n) is 7.89. The van der Waals surface area contributed by atoms with Crippen LogP contribution in [0.3, 0.4) is 0 Å². The Morgan fingerprint density at radius 2 is 1.58 bits per heavy atom. The van der Waals surface area contributed by atoms with E-state index < -0.39 is 10.0 Å². The fraction of sp³-hybridized carbons (Fsp3) is 0.261. The highest BCUT2D eigenvalue weighted by Crippen LogP contribution is 2.19. The number of hydrogen-bond acceptors (Lipinski definition) is 7. The molecule has 2 aromatic carbocycles. The van der Waals surface area contributed by atoms with Gasteiger partial charge in [-0.25, -0.2) is 23.1 Å². The molecule has 4 rings (SSSR count). The Labute approximate surface area is 193 Å². The number of nitrogens with one attached hydrogen (secondary N) is 2. The summed E-state index contributed by atoms with van der Waals surface area (Å²) in [5.41, 5.74) is 2.72. The number of piperazine rings is 1. The lowest BCUT2D eigenvalue weighted by atomic mass is 10.1. The second-order valence-corrected chi connectivity index (χ2v) is 9.65. The summed E-state index contributed by atoms with van der Waals surface area (Å²) in [4.78, 5) is 24.8. The standard InChI is InChI=1S/C23H26N6O3S/c1-28-10-12-29(13-11-28)21-6-8-22(9-7-21)33(31,32)26-14-18-2-4-19(5-3-18)23(30)27-20-15-24-17-25-16-20/h2-9,15-17,26H,10-14H2,1H3,(H,27,30). The molecular formula is C23H26N6O3S. The number of hydrogen-bond donors (Lipinski definition) is 2. The van der Waals surface area contributed by atoms with E-state index in [9.17, 15) is 13.2 Å². The van der Waals surface area contributed by atoms with Crippen molar-refractivity contribution in [3.8, 4) is 0 Å². The molecule has 0 aliphatic carbocycles. The van der Waals surface area contributed by atoms with Gasteiger partial charge < -0.3 is 15.1 Å². The molecule has 1 fully saturated rings. The summed E-state index contributed by atoms with van der Waals surface area (Å²) in [6.07, 6.45) is 4.39. The average molecular weight is 467 g/mol. The first-order valence-electron chi connectivity index (χ1n) is 10.6. The molecule has 33 heavy (non-hydrogen) atoms. The Hall–Kier alpha value is -3.34. The zero-order chi connectivity index (χ0) is 23.3. The zero-order valence-electron chi connectivity index (χ0n) is 18.3. The summed E-state index contributed by atoms with van der Waals surface area (Å²) in [6, 6.07) is 13.7. The van der Waals surface area contributed by atoms with Crippen LogP contribution in [0.25, 0.3) is 0 Å². The van der Waals surface area contributed by atoms with Crippen LogP contribution >= 0.6 is 0 Å². The molecule has 2 N–H and O–H groups in total. The van der Waals surface area contributed by atoms with E-state index in [0.29, 0.717) is 11.3 Å². The molecule has 0 radical (unpaired) electrons. The first-order valence-corrected chi connectivity index (χ1v) is 12.1. The largest absolute Gasteiger partial charge is 0.369 e. The number of amides is 1. The molecule has 1 aliphatic heterocycles. The molecule has 2 heterocycles. The Bertz CT molecular complexity index is 1180. The minimum atomic E-state index is -3.65. The molecule has 0 saturated carbocycles. The van der Waals surface area contributed by atoms with E-state index in [4.69, 9.17) is 0 Å². The predicted molar refractivity (Wildman–Crippen MR) is 127 cm³/mol. The molecule has 0 spiro atoms. The number of carbonyl (C=O) groups is 1. The van der Waals surface area contributed by atoms with Gasteiger partial charge in [-0.15, -0.1) is 0 Å². The van der Waals surface area contributed by atoms with Crippen LogP contribution in [-0.2, 0) is 16.6 Å². The normalized spacial score (nSPS) is 14.8. The quantitative estimate of drug-likeness (QED) is 0.548. The summed E-state index contributed by atoms with van der Waals surface area (Å²) in [5, 5.41) is 2.70. The summed E-state index contributed by atoms with van der Waals surface area (Å²) in [7, 11) is -1.55. The van der Waals surface area contributed by atoms with E-state index in [1.165, 1.54) is 18.7 Å². The number of likely N-dealkylation sites (N-methyl/N-ethyl adjacent to an activating group) is 1. The molecule has 1 saturated heterocycles. The van der Waals surface area contributed by atoms with Gasteiger partial charge in [0.05, 0.1) is 23.0 Å². The maximum absolute atomic E-state index is 12.7. The highest BCUT2D eigenvalue weighted by atomic mass is 32.2. The fourth-order valence-electron chi connectivity index (χ4n) is 3.50. The molecule has 9 nitrogen and oxygen atoms in total. The highest BCUT2D eigenvalue weighted by Gasteiger charge is 2.17. The van der Waals surface area contributed by atoms with Crippen molar-refractivity contribution in [3.63, 3.8) is 0 Å². The lowest BCUT2D eigenvalue weighted by molar-refractivity contribution is 0.102. The monoisotopic (exact) mass is 466 g/mol. The van der Waals surface area contributed by atoms with Gasteiger partial charge in [0.15, 0.2) is 0 Å². The SMILES string of the molecule is CN1CCN(c2ccc(S(=O)(=O)NCc3ccc(C(=O)Nc4cncnc4)cc3)cc2)CC1. The molecule has 1 amide bonds. The Kier molecular flexibility index (Phi) is 6.97. The second kappa shape index (κ2) is 10.1. The Balaban J connectivity index is 1.33. The van der Waals surface area contributed by atoms with Gasteiger partial charge in [-0.05, 0) is 49.0 Å². The molecule has 10 heteroatoms. The summed E-state index contributed by atoms with van der Waals surface area (Å²) in [6.45, 7) is 3.95. The van der Waals surface area contributed by atoms with Crippen LogP contribution in [-0.4, -0.2) is 62.4 Å². The van der Waals surface area contributed by atoms with Gasteiger partial charge in [0.25, 0.3) is 5.91 Å². The highest BCUT2D eigenvalue weighted by molar-refractivity contribution is 7.89. The average Bonchev–Trinajstić information content (AvgIpc) is 2.84. The summed E-state index contributed by atoms with van der Waals surface area (Å²) < 4.78 is 28.0. The molecular weight excluding hydrogens is 440 g/mol. The Morgan fingerprint density at radius 3 is 2.21 bits per heavy atom. The number of sulfonamides is 1. The van der Waals surface area contributed by atoms with E-state index in [0.717, 1.165) is 37.4 Å². The zero-order valence-corrected chi connectivity index (χ0v) is 19.1. The van der Waals surface area contributed by atoms with Crippen LogP contribution in [0.2, 0.25) is 0 Å². The lowest BCUT2D eigenvalue weighted by Gasteiger charge is -2.34. The molecule has 0 bridgehead atoms. The summed E-state index contributed by atoms with van der Waals surface area (Å²) >= 11 is 0. The maximum Gasteiger partial charge on any atom is 0.255 e. The Morgan fingerprint density at radius 1 is 0.939 bits per heavy atom. The van der Waals surface area contributed by atoms with Crippen molar-refractivity contribution in [2.75, 3.05) is 43.4 Å². The van der Waals surface area contributed by atoms with Crippen LogP contribution < -0.4 is 14.9 Å². The van der Waals surface area contributed by atoms with Gasteiger partial charge in [0.1, 0.15) is 6.33 Å². The topological polar surface area (TPSA) is 108 Å².